The van der Waals surface area contributed by atoms with Crippen LogP contribution in [0.5, 0.6) is 0 Å². The fourth-order valence-corrected chi connectivity index (χ4v) is 3.70. The van der Waals surface area contributed by atoms with E-state index in [-0.39, 0.29) is 5.91 Å². The number of carbonyl (C=O) groups is 1. The number of aryl methyl sites for hydroxylation is 1. The van der Waals surface area contributed by atoms with Crippen molar-refractivity contribution in [1.82, 2.24) is 9.80 Å². The number of hydrogen-bond donors (Lipinski definition) is 1. The van der Waals surface area contributed by atoms with E-state index in [4.69, 9.17) is 0 Å². The lowest BCUT2D eigenvalue weighted by Gasteiger charge is -2.34. The van der Waals surface area contributed by atoms with Crippen molar-refractivity contribution in [1.29, 1.82) is 0 Å². The van der Waals surface area contributed by atoms with E-state index >= 15 is 0 Å². The predicted molar refractivity (Wildman–Crippen MR) is 113 cm³/mol. The molecule has 2 aromatic carbocycles. The Labute approximate surface area is 166 Å². The number of nitrogens with zero attached hydrogens (tertiary/aromatic N) is 2. The maximum Gasteiger partial charge on any atom is 0.254 e. The molecule has 1 amide bonds. The first-order valence-electron chi connectivity index (χ1n) is 9.17. The van der Waals surface area contributed by atoms with Gasteiger partial charge in [0.15, 0.2) is 0 Å². The minimum Gasteiger partial charge on any atom is -0.374 e. The molecule has 0 saturated carbocycles. The zero-order chi connectivity index (χ0) is 20.1. The number of rotatable bonds is 5. The maximum absolute atomic E-state index is 12.8. The summed E-state index contributed by atoms with van der Waals surface area (Å²) in [6.45, 7) is 4.58. The third-order valence-electron chi connectivity index (χ3n) is 4.66. The highest BCUT2D eigenvalue weighted by Crippen LogP contribution is 2.20. The Kier molecular flexibility index (Phi) is 6.04. The lowest BCUT2D eigenvalue weighted by molar-refractivity contribution is 0.0680. The van der Waals surface area contributed by atoms with Crippen molar-refractivity contribution in [2.75, 3.05) is 37.2 Å². The number of sulfonamides is 1. The Morgan fingerprint density at radius 3 is 2.36 bits per heavy atom. The van der Waals surface area contributed by atoms with Gasteiger partial charge in [-0.1, -0.05) is 36.4 Å². The van der Waals surface area contributed by atoms with E-state index in [2.05, 4.69) is 34.0 Å². The first kappa shape index (κ1) is 19.9. The Bertz CT molecular complexity index is 964. The number of hydrogen-bond acceptors (Lipinski definition) is 4. The maximum atomic E-state index is 12.8. The van der Waals surface area contributed by atoms with Crippen LogP contribution < -0.4 is 4.72 Å². The number of amides is 1. The second-order valence-electron chi connectivity index (χ2n) is 6.96. The number of carbonyl (C=O) groups excluding carboxylic acids is 1. The molecular formula is C21H25N3O3S. The average Bonchev–Trinajstić information content (AvgIpc) is 2.68. The molecular weight excluding hydrogens is 374 g/mol. The molecule has 0 aromatic heterocycles. The van der Waals surface area contributed by atoms with Crippen molar-refractivity contribution < 1.29 is 13.2 Å². The molecule has 1 fully saturated rings. The van der Waals surface area contributed by atoms with Crippen LogP contribution in [0.25, 0.3) is 6.08 Å². The molecule has 3 rings (SSSR count). The summed E-state index contributed by atoms with van der Waals surface area (Å²) in [4.78, 5) is 16.8. The highest BCUT2D eigenvalue weighted by molar-refractivity contribution is 7.92. The molecule has 1 N–H and O–H groups in total. The van der Waals surface area contributed by atoms with Gasteiger partial charge in [0.05, 0.1) is 11.9 Å². The first-order valence-corrected chi connectivity index (χ1v) is 11.1. The van der Waals surface area contributed by atoms with E-state index in [1.807, 2.05) is 23.1 Å². The molecule has 7 heteroatoms. The lowest BCUT2D eigenvalue weighted by atomic mass is 10.1. The summed E-state index contributed by atoms with van der Waals surface area (Å²) >= 11 is 0. The zero-order valence-electron chi connectivity index (χ0n) is 16.1. The fourth-order valence-electron chi connectivity index (χ4n) is 3.08. The van der Waals surface area contributed by atoms with Crippen LogP contribution >= 0.6 is 0 Å². The molecule has 0 radical (unpaired) electrons. The highest BCUT2D eigenvalue weighted by Gasteiger charge is 2.21. The molecule has 0 spiro atoms. The van der Waals surface area contributed by atoms with Gasteiger partial charge in [-0.15, -0.1) is 0 Å². The Morgan fingerprint density at radius 2 is 1.71 bits per heavy atom. The molecule has 1 heterocycles. The minimum absolute atomic E-state index is 0.0803. The summed E-state index contributed by atoms with van der Waals surface area (Å²) in [7, 11) is -3.39. The molecule has 148 valence electrons. The Morgan fingerprint density at radius 1 is 1.04 bits per heavy atom. The van der Waals surface area contributed by atoms with Gasteiger partial charge in [-0.3, -0.25) is 9.52 Å². The van der Waals surface area contributed by atoms with Crippen molar-refractivity contribution in [3.63, 3.8) is 0 Å². The zero-order valence-corrected chi connectivity index (χ0v) is 16.9. The molecule has 1 saturated heterocycles. The standard InChI is InChI=1S/C21H25N3O3S/c1-17-8-9-19(16-20(17)22-28(2,26)27)21(25)24-14-12-23(13-15-24)11-10-18-6-4-3-5-7-18/h3-11,16,22H,12-15H2,1-2H3/b11-10+. The van der Waals surface area contributed by atoms with Gasteiger partial charge in [0.2, 0.25) is 10.0 Å². The molecule has 0 bridgehead atoms. The molecule has 0 unspecified atom stereocenters. The summed E-state index contributed by atoms with van der Waals surface area (Å²) in [6, 6.07) is 15.2. The predicted octanol–water partition coefficient (Wildman–Crippen LogP) is 2.80. The molecule has 1 aliphatic rings. The van der Waals surface area contributed by atoms with Crippen molar-refractivity contribution in [3.8, 4) is 0 Å². The van der Waals surface area contributed by atoms with Crippen LogP contribution in [-0.4, -0.2) is 56.6 Å². The number of piperazine rings is 1. The lowest BCUT2D eigenvalue weighted by Crippen LogP contribution is -2.46. The molecule has 0 atom stereocenters. The Hall–Kier alpha value is -2.80. The topological polar surface area (TPSA) is 69.7 Å². The molecule has 6 nitrogen and oxygen atoms in total. The summed E-state index contributed by atoms with van der Waals surface area (Å²) in [5, 5.41) is 0. The van der Waals surface area contributed by atoms with E-state index in [0.717, 1.165) is 30.5 Å². The van der Waals surface area contributed by atoms with Crippen LogP contribution in [-0.2, 0) is 10.0 Å². The van der Waals surface area contributed by atoms with Gasteiger partial charge >= 0.3 is 0 Å². The normalized spacial score (nSPS) is 15.1. The van der Waals surface area contributed by atoms with Crippen LogP contribution in [0.4, 0.5) is 5.69 Å². The van der Waals surface area contributed by atoms with Crippen LogP contribution in [0, 0.1) is 6.92 Å². The van der Waals surface area contributed by atoms with Gasteiger partial charge in [0.1, 0.15) is 0 Å². The van der Waals surface area contributed by atoms with Crippen LogP contribution in [0.3, 0.4) is 0 Å². The third-order valence-corrected chi connectivity index (χ3v) is 5.25. The second kappa shape index (κ2) is 8.48. The van der Waals surface area contributed by atoms with Crippen molar-refractivity contribution >= 4 is 27.7 Å². The van der Waals surface area contributed by atoms with Gasteiger partial charge < -0.3 is 9.80 Å². The molecule has 1 aliphatic heterocycles. The van der Waals surface area contributed by atoms with Crippen LogP contribution in [0.1, 0.15) is 21.5 Å². The quantitative estimate of drug-likeness (QED) is 0.839. The molecule has 2 aromatic rings. The Balaban J connectivity index is 1.62. The van der Waals surface area contributed by atoms with Crippen LogP contribution in [0.2, 0.25) is 0 Å². The van der Waals surface area contributed by atoms with Gasteiger partial charge in [0, 0.05) is 31.7 Å². The third kappa shape index (κ3) is 5.36. The summed E-state index contributed by atoms with van der Waals surface area (Å²) in [6.07, 6.45) is 5.24. The molecule has 28 heavy (non-hydrogen) atoms. The first-order chi connectivity index (χ1) is 13.3. The van der Waals surface area contributed by atoms with Crippen molar-refractivity contribution in [2.45, 2.75) is 6.92 Å². The van der Waals surface area contributed by atoms with E-state index in [9.17, 15) is 13.2 Å². The van der Waals surface area contributed by atoms with E-state index in [1.165, 1.54) is 0 Å². The van der Waals surface area contributed by atoms with Crippen LogP contribution in [0.15, 0.2) is 54.7 Å². The van der Waals surface area contributed by atoms with Gasteiger partial charge in [0.25, 0.3) is 5.91 Å². The number of benzene rings is 2. The summed E-state index contributed by atoms with van der Waals surface area (Å²) in [5.41, 5.74) is 2.85. The largest absolute Gasteiger partial charge is 0.374 e. The van der Waals surface area contributed by atoms with Crippen molar-refractivity contribution in [3.05, 3.63) is 71.4 Å². The van der Waals surface area contributed by atoms with Crippen molar-refractivity contribution in [2.24, 2.45) is 0 Å². The fraction of sp³-hybridized carbons (Fsp3) is 0.286. The summed E-state index contributed by atoms with van der Waals surface area (Å²) < 4.78 is 25.5. The smallest absolute Gasteiger partial charge is 0.254 e. The van der Waals surface area contributed by atoms with E-state index in [0.29, 0.717) is 24.3 Å². The SMILES string of the molecule is Cc1ccc(C(=O)N2CCN(/C=C/c3ccccc3)CC2)cc1NS(C)(=O)=O. The molecule has 0 aliphatic carbocycles. The van der Waals surface area contributed by atoms with E-state index in [1.54, 1.807) is 25.1 Å². The van der Waals surface area contributed by atoms with Gasteiger partial charge in [-0.05, 0) is 42.5 Å². The van der Waals surface area contributed by atoms with Gasteiger partial charge in [-0.25, -0.2) is 8.42 Å². The van der Waals surface area contributed by atoms with E-state index < -0.39 is 10.0 Å². The average molecular weight is 400 g/mol. The highest BCUT2D eigenvalue weighted by atomic mass is 32.2. The second-order valence-corrected chi connectivity index (χ2v) is 8.71. The van der Waals surface area contributed by atoms with Gasteiger partial charge in [-0.2, -0.15) is 0 Å². The monoisotopic (exact) mass is 399 g/mol. The summed E-state index contributed by atoms with van der Waals surface area (Å²) in [5.74, 6) is -0.0803. The number of anilines is 1. The minimum atomic E-state index is -3.39. The number of nitrogens with one attached hydrogen (secondary N) is 1.